The first-order valence-electron chi connectivity index (χ1n) is 17.4. The number of aromatic nitrogens is 2. The Hall–Kier alpha value is -6.24. The first kappa shape index (κ1) is 30.8. The van der Waals surface area contributed by atoms with Gasteiger partial charge in [0, 0.05) is 36.2 Å². The first-order valence-corrected chi connectivity index (χ1v) is 17.4. The second-order valence-electron chi connectivity index (χ2n) is 13.3. The molecule has 2 aliphatic rings. The van der Waals surface area contributed by atoms with Crippen molar-refractivity contribution in [2.45, 2.75) is 18.9 Å². The SMILES string of the molecule is C[C@H](c1ccccc1)N1CC2=C(OC(N)=C(c3nc(-c4ccccc4)no3)C2c2cccc3ccccc23)/C(=C/c2cccc3ccccc23)C1. The van der Waals surface area contributed by atoms with Crippen molar-refractivity contribution in [1.82, 2.24) is 15.0 Å². The Kier molecular flexibility index (Phi) is 7.79. The van der Waals surface area contributed by atoms with Crippen LogP contribution in [0.2, 0.25) is 0 Å². The van der Waals surface area contributed by atoms with Crippen molar-refractivity contribution >= 4 is 33.2 Å². The third-order valence-electron chi connectivity index (χ3n) is 10.3. The van der Waals surface area contributed by atoms with E-state index in [2.05, 4.69) is 138 Å². The van der Waals surface area contributed by atoms with Crippen molar-refractivity contribution in [1.29, 1.82) is 0 Å². The summed E-state index contributed by atoms with van der Waals surface area (Å²) in [5.41, 5.74) is 14.2. The third kappa shape index (κ3) is 5.60. The van der Waals surface area contributed by atoms with Crippen LogP contribution in [0.3, 0.4) is 0 Å². The Balaban J connectivity index is 1.27. The van der Waals surface area contributed by atoms with Crippen LogP contribution in [0.5, 0.6) is 0 Å². The van der Waals surface area contributed by atoms with E-state index in [0.717, 1.165) is 44.4 Å². The number of nitrogens with two attached hydrogens (primary N) is 1. The predicted octanol–water partition coefficient (Wildman–Crippen LogP) is 9.90. The van der Waals surface area contributed by atoms with E-state index in [-0.39, 0.29) is 17.8 Å². The van der Waals surface area contributed by atoms with Gasteiger partial charge in [-0.3, -0.25) is 4.90 Å². The largest absolute Gasteiger partial charge is 0.441 e. The summed E-state index contributed by atoms with van der Waals surface area (Å²) >= 11 is 0. The molecule has 7 aromatic rings. The fourth-order valence-electron chi connectivity index (χ4n) is 7.68. The summed E-state index contributed by atoms with van der Waals surface area (Å²) in [5.74, 6) is 1.61. The number of benzene rings is 6. The first-order chi connectivity index (χ1) is 25.1. The Morgan fingerprint density at radius 2 is 1.37 bits per heavy atom. The average molecular weight is 665 g/mol. The molecule has 1 unspecified atom stereocenters. The van der Waals surface area contributed by atoms with Gasteiger partial charge in [-0.15, -0.1) is 0 Å². The van der Waals surface area contributed by atoms with E-state index >= 15 is 0 Å². The summed E-state index contributed by atoms with van der Waals surface area (Å²) in [7, 11) is 0. The predicted molar refractivity (Wildman–Crippen MR) is 204 cm³/mol. The average Bonchev–Trinajstić information content (AvgIpc) is 3.68. The van der Waals surface area contributed by atoms with Gasteiger partial charge >= 0.3 is 0 Å². The van der Waals surface area contributed by atoms with Crippen LogP contribution in [-0.2, 0) is 4.74 Å². The molecule has 0 saturated heterocycles. The second-order valence-corrected chi connectivity index (χ2v) is 13.3. The Morgan fingerprint density at radius 3 is 2.16 bits per heavy atom. The van der Waals surface area contributed by atoms with Gasteiger partial charge < -0.3 is 15.0 Å². The number of hydrogen-bond donors (Lipinski definition) is 1. The third-order valence-corrected chi connectivity index (χ3v) is 10.3. The van der Waals surface area contributed by atoms with Gasteiger partial charge in [0.1, 0.15) is 5.76 Å². The highest BCUT2D eigenvalue weighted by atomic mass is 16.5. The fourth-order valence-corrected chi connectivity index (χ4v) is 7.68. The minimum atomic E-state index is -0.314. The minimum Gasteiger partial charge on any atom is -0.441 e. The molecule has 0 radical (unpaired) electrons. The molecule has 6 nitrogen and oxygen atoms in total. The van der Waals surface area contributed by atoms with E-state index in [4.69, 9.17) is 20.0 Å². The van der Waals surface area contributed by atoms with Crippen LogP contribution >= 0.6 is 0 Å². The van der Waals surface area contributed by atoms with Gasteiger partial charge in [0.05, 0.1) is 5.57 Å². The van der Waals surface area contributed by atoms with Crippen LogP contribution in [0.15, 0.2) is 173 Å². The molecule has 248 valence electrons. The van der Waals surface area contributed by atoms with Gasteiger partial charge in [0.25, 0.3) is 5.89 Å². The van der Waals surface area contributed by atoms with Crippen LogP contribution in [0.25, 0.3) is 44.6 Å². The van der Waals surface area contributed by atoms with E-state index in [1.807, 2.05) is 30.3 Å². The molecule has 0 spiro atoms. The fraction of sp³-hybridized carbons (Fsp3) is 0.111. The maximum Gasteiger partial charge on any atom is 0.260 e. The topological polar surface area (TPSA) is 77.4 Å². The number of fused-ring (bicyclic) bond motifs is 2. The minimum absolute atomic E-state index is 0.129. The van der Waals surface area contributed by atoms with Crippen LogP contribution in [0, 0.1) is 0 Å². The van der Waals surface area contributed by atoms with E-state index in [1.165, 1.54) is 16.3 Å². The lowest BCUT2D eigenvalue weighted by Gasteiger charge is -2.41. The van der Waals surface area contributed by atoms with Gasteiger partial charge in [-0.25, -0.2) is 0 Å². The van der Waals surface area contributed by atoms with Crippen molar-refractivity contribution in [3.05, 3.63) is 191 Å². The van der Waals surface area contributed by atoms with Crippen molar-refractivity contribution in [3.8, 4) is 11.4 Å². The van der Waals surface area contributed by atoms with Gasteiger partial charge in [0.2, 0.25) is 11.7 Å². The van der Waals surface area contributed by atoms with Crippen molar-refractivity contribution in [2.75, 3.05) is 13.1 Å². The monoisotopic (exact) mass is 664 g/mol. The number of rotatable bonds is 6. The quantitative estimate of drug-likeness (QED) is 0.191. The molecule has 1 aromatic heterocycles. The van der Waals surface area contributed by atoms with E-state index in [1.54, 1.807) is 0 Å². The van der Waals surface area contributed by atoms with Crippen molar-refractivity contribution < 1.29 is 9.26 Å². The molecule has 0 aliphatic carbocycles. The van der Waals surface area contributed by atoms with Crippen LogP contribution in [0.4, 0.5) is 0 Å². The van der Waals surface area contributed by atoms with Crippen molar-refractivity contribution in [2.24, 2.45) is 5.73 Å². The number of allylic oxidation sites excluding steroid dienone is 1. The number of nitrogens with zero attached hydrogens (tertiary/aromatic N) is 3. The molecule has 0 fully saturated rings. The molecule has 6 aromatic carbocycles. The van der Waals surface area contributed by atoms with Crippen molar-refractivity contribution in [3.63, 3.8) is 0 Å². The maximum atomic E-state index is 7.02. The zero-order valence-corrected chi connectivity index (χ0v) is 28.2. The Bertz CT molecular complexity index is 2490. The molecule has 0 saturated carbocycles. The smallest absolute Gasteiger partial charge is 0.260 e. The molecule has 51 heavy (non-hydrogen) atoms. The Labute approximate surface area is 296 Å². The van der Waals surface area contributed by atoms with E-state index < -0.39 is 0 Å². The van der Waals surface area contributed by atoms with E-state index in [0.29, 0.717) is 30.4 Å². The zero-order chi connectivity index (χ0) is 34.3. The summed E-state index contributed by atoms with van der Waals surface area (Å²) in [4.78, 5) is 7.45. The van der Waals surface area contributed by atoms with Crippen LogP contribution in [0.1, 0.15) is 41.5 Å². The highest BCUT2D eigenvalue weighted by Crippen LogP contribution is 2.50. The summed E-state index contributed by atoms with van der Waals surface area (Å²) in [6.45, 7) is 3.62. The molecule has 2 atom stereocenters. The lowest BCUT2D eigenvalue weighted by molar-refractivity contribution is 0.203. The molecule has 2 aliphatic heterocycles. The number of ether oxygens (including phenoxy) is 1. The molecule has 3 heterocycles. The molecule has 9 rings (SSSR count). The molecule has 0 amide bonds. The molecule has 6 heteroatoms. The maximum absolute atomic E-state index is 7.02. The van der Waals surface area contributed by atoms with Gasteiger partial charge in [-0.05, 0) is 56.8 Å². The second kappa shape index (κ2) is 12.9. The van der Waals surface area contributed by atoms with Gasteiger partial charge in [0.15, 0.2) is 0 Å². The summed E-state index contributed by atoms with van der Waals surface area (Å²) in [6.07, 6.45) is 2.28. The highest BCUT2D eigenvalue weighted by Gasteiger charge is 2.41. The van der Waals surface area contributed by atoms with Gasteiger partial charge in [-0.2, -0.15) is 4.98 Å². The zero-order valence-electron chi connectivity index (χ0n) is 28.2. The summed E-state index contributed by atoms with van der Waals surface area (Å²) in [5, 5.41) is 9.07. The van der Waals surface area contributed by atoms with Gasteiger partial charge in [-0.1, -0.05) is 151 Å². The van der Waals surface area contributed by atoms with E-state index in [9.17, 15) is 0 Å². The lowest BCUT2D eigenvalue weighted by atomic mass is 9.77. The molecule has 0 bridgehead atoms. The standard InChI is InChI=1S/C45H36N4O2/c1-29(30-14-4-2-5-15-30)49-27-35(26-34-22-12-20-31-16-8-10-23-36(31)34)42-39(28-49)40(38-25-13-21-32-17-9-11-24-37(32)38)41(43(46)50-42)45-47-44(48-51-45)33-18-6-3-7-19-33/h2-26,29,40H,27-28,46H2,1H3/b35-26+/t29-,40?/m1/s1. The normalized spacial score (nSPS) is 17.9. The van der Waals surface area contributed by atoms with Crippen LogP contribution in [-0.4, -0.2) is 28.1 Å². The summed E-state index contributed by atoms with van der Waals surface area (Å²) in [6, 6.07) is 50.6. The number of hydrogen-bond acceptors (Lipinski definition) is 6. The molecule has 2 N–H and O–H groups in total. The molecular weight excluding hydrogens is 629 g/mol. The lowest BCUT2D eigenvalue weighted by Crippen LogP contribution is -2.39. The Morgan fingerprint density at radius 1 is 0.725 bits per heavy atom. The molecular formula is C45H36N4O2. The summed E-state index contributed by atoms with van der Waals surface area (Å²) < 4.78 is 12.8. The highest BCUT2D eigenvalue weighted by molar-refractivity contribution is 5.92. The van der Waals surface area contributed by atoms with Crippen LogP contribution < -0.4 is 5.73 Å².